The first-order valence-corrected chi connectivity index (χ1v) is 46.9. The lowest BCUT2D eigenvalue weighted by molar-refractivity contribution is -0.161. The van der Waals surface area contributed by atoms with Crippen molar-refractivity contribution in [1.82, 2.24) is 0 Å². The average Bonchev–Trinajstić information content (AvgIpc) is 0.940. The van der Waals surface area contributed by atoms with E-state index in [0.29, 0.717) is 25.7 Å². The third-order valence-electron chi connectivity index (χ3n) is 20.2. The van der Waals surface area contributed by atoms with E-state index in [1.54, 1.807) is 0 Å². The number of esters is 4. The van der Waals surface area contributed by atoms with E-state index in [9.17, 15) is 43.2 Å². The minimum Gasteiger partial charge on any atom is -0.462 e. The molecule has 0 bridgehead atoms. The predicted molar refractivity (Wildman–Crippen MR) is 428 cm³/mol. The zero-order chi connectivity index (χ0) is 76.5. The van der Waals surface area contributed by atoms with E-state index < -0.39 is 97.5 Å². The number of carbonyl (C=O) groups excluding carboxylic acids is 4. The first-order valence-electron chi connectivity index (χ1n) is 43.9. The molecule has 0 aliphatic rings. The molecule has 3 unspecified atom stereocenters. The van der Waals surface area contributed by atoms with Crippen LogP contribution in [0.25, 0.3) is 0 Å². The quantitative estimate of drug-likeness (QED) is 0.0222. The molecule has 0 aromatic carbocycles. The van der Waals surface area contributed by atoms with Crippen molar-refractivity contribution in [1.29, 1.82) is 0 Å². The highest BCUT2D eigenvalue weighted by molar-refractivity contribution is 7.47. The van der Waals surface area contributed by atoms with Crippen LogP contribution >= 0.6 is 15.6 Å². The Balaban J connectivity index is 5.24. The van der Waals surface area contributed by atoms with Crippen LogP contribution in [0.3, 0.4) is 0 Å². The Morgan fingerprint density at radius 2 is 0.490 bits per heavy atom. The van der Waals surface area contributed by atoms with Crippen LogP contribution in [0.2, 0.25) is 0 Å². The molecule has 618 valence electrons. The molecule has 0 aliphatic heterocycles. The Morgan fingerprint density at radius 1 is 0.279 bits per heavy atom. The second-order valence-electron chi connectivity index (χ2n) is 31.8. The Hall–Kier alpha value is -1.94. The summed E-state index contributed by atoms with van der Waals surface area (Å²) in [5, 5.41) is 10.7. The Morgan fingerprint density at radius 3 is 0.731 bits per heavy atom. The van der Waals surface area contributed by atoms with Crippen molar-refractivity contribution in [3.05, 3.63) is 0 Å². The minimum atomic E-state index is -4.97. The van der Waals surface area contributed by atoms with Crippen molar-refractivity contribution in [3.63, 3.8) is 0 Å². The summed E-state index contributed by atoms with van der Waals surface area (Å²) in [5.74, 6) is 0.331. The molecule has 0 amide bonds. The van der Waals surface area contributed by atoms with Crippen LogP contribution in [0.15, 0.2) is 0 Å². The van der Waals surface area contributed by atoms with Crippen molar-refractivity contribution in [2.75, 3.05) is 39.6 Å². The van der Waals surface area contributed by atoms with Gasteiger partial charge in [-0.2, -0.15) is 0 Å². The highest BCUT2D eigenvalue weighted by atomic mass is 31.2. The van der Waals surface area contributed by atoms with Gasteiger partial charge < -0.3 is 33.8 Å². The van der Waals surface area contributed by atoms with Crippen LogP contribution in [0, 0.1) is 17.8 Å². The molecule has 0 saturated heterocycles. The highest BCUT2D eigenvalue weighted by Crippen LogP contribution is 2.45. The number of carbonyl (C=O) groups is 4. The molecule has 0 saturated carbocycles. The third-order valence-corrected chi connectivity index (χ3v) is 22.1. The molecule has 0 rings (SSSR count). The Kier molecular flexibility index (Phi) is 73.7. The molecule has 17 nitrogen and oxygen atoms in total. The van der Waals surface area contributed by atoms with Gasteiger partial charge in [0.2, 0.25) is 0 Å². The summed E-state index contributed by atoms with van der Waals surface area (Å²) in [7, 11) is -9.93. The molecule has 104 heavy (non-hydrogen) atoms. The van der Waals surface area contributed by atoms with E-state index in [0.717, 1.165) is 108 Å². The van der Waals surface area contributed by atoms with E-state index >= 15 is 0 Å². The van der Waals surface area contributed by atoms with Crippen molar-refractivity contribution >= 4 is 39.5 Å². The monoisotopic (exact) mass is 1520 g/mol. The molecule has 19 heteroatoms. The van der Waals surface area contributed by atoms with Crippen molar-refractivity contribution < 1.29 is 80.2 Å². The predicted octanol–water partition coefficient (Wildman–Crippen LogP) is 25.7. The van der Waals surface area contributed by atoms with Crippen LogP contribution in [0.1, 0.15) is 447 Å². The number of aliphatic hydroxyl groups excluding tert-OH is 1. The van der Waals surface area contributed by atoms with Gasteiger partial charge >= 0.3 is 39.5 Å². The fourth-order valence-corrected chi connectivity index (χ4v) is 14.7. The number of aliphatic hydroxyl groups is 1. The summed E-state index contributed by atoms with van der Waals surface area (Å²) in [6.45, 7) is 12.1. The lowest BCUT2D eigenvalue weighted by Crippen LogP contribution is -2.30. The molecular formula is C85H166O17P2. The number of hydrogen-bond donors (Lipinski definition) is 3. The smallest absolute Gasteiger partial charge is 0.462 e. The summed E-state index contributed by atoms with van der Waals surface area (Å²) in [5.41, 5.74) is 0. The molecule has 0 radical (unpaired) electrons. The molecule has 6 atom stereocenters. The summed E-state index contributed by atoms with van der Waals surface area (Å²) in [6.07, 6.45) is 65.1. The van der Waals surface area contributed by atoms with Crippen LogP contribution in [0.5, 0.6) is 0 Å². The maximum absolute atomic E-state index is 13.1. The zero-order valence-electron chi connectivity index (χ0n) is 68.5. The second kappa shape index (κ2) is 75.1. The molecule has 0 aromatic heterocycles. The lowest BCUT2D eigenvalue weighted by Gasteiger charge is -2.21. The van der Waals surface area contributed by atoms with Gasteiger partial charge in [0.1, 0.15) is 19.3 Å². The van der Waals surface area contributed by atoms with E-state index in [4.69, 9.17) is 37.0 Å². The zero-order valence-corrected chi connectivity index (χ0v) is 70.3. The van der Waals surface area contributed by atoms with E-state index in [1.807, 2.05) is 0 Å². The molecule has 0 fully saturated rings. The first kappa shape index (κ1) is 102. The van der Waals surface area contributed by atoms with Gasteiger partial charge in [-0.3, -0.25) is 37.3 Å². The summed E-state index contributed by atoms with van der Waals surface area (Å²) < 4.78 is 68.9. The normalized spacial score (nSPS) is 14.2. The molecule has 0 spiro atoms. The van der Waals surface area contributed by atoms with Crippen LogP contribution in [-0.4, -0.2) is 96.7 Å². The fourth-order valence-electron chi connectivity index (χ4n) is 13.2. The van der Waals surface area contributed by atoms with Crippen LogP contribution in [-0.2, 0) is 65.4 Å². The molecular weight excluding hydrogens is 1350 g/mol. The molecule has 0 aromatic rings. The number of unbranched alkanes of at least 4 members (excludes halogenated alkanes) is 50. The van der Waals surface area contributed by atoms with Gasteiger partial charge in [0, 0.05) is 25.7 Å². The van der Waals surface area contributed by atoms with Gasteiger partial charge in [0.25, 0.3) is 0 Å². The average molecular weight is 1520 g/mol. The van der Waals surface area contributed by atoms with Crippen LogP contribution < -0.4 is 0 Å². The molecule has 3 N–H and O–H groups in total. The SMILES string of the molecule is CCCCCCCCCCCCCC(=O)OC[C@H](COP(=O)(O)OC[C@H](O)COP(=O)(O)OC[C@@H](COC(=O)CCCCCCCCCCCCCCCCC(C)CC)OC(=O)CCCCCCCCCCCCCCCCCCCCC(C)C)OC(=O)CCCCCCCCCCCCCC(C)C. The largest absolute Gasteiger partial charge is 0.472 e. The van der Waals surface area contributed by atoms with E-state index in [-0.39, 0.29) is 25.7 Å². The maximum atomic E-state index is 13.1. The number of hydrogen-bond acceptors (Lipinski definition) is 15. The molecule has 0 aliphatic carbocycles. The van der Waals surface area contributed by atoms with E-state index in [1.165, 1.54) is 257 Å². The van der Waals surface area contributed by atoms with Crippen molar-refractivity contribution in [2.45, 2.75) is 465 Å². The lowest BCUT2D eigenvalue weighted by atomic mass is 9.99. The Labute approximate surface area is 638 Å². The number of rotatable bonds is 83. The van der Waals surface area contributed by atoms with Gasteiger partial charge in [-0.05, 0) is 43.4 Å². The Bertz CT molecular complexity index is 2010. The first-order chi connectivity index (χ1) is 50.3. The third kappa shape index (κ3) is 76.8. The minimum absolute atomic E-state index is 0.107. The van der Waals surface area contributed by atoms with E-state index in [2.05, 4.69) is 48.5 Å². The van der Waals surface area contributed by atoms with Crippen molar-refractivity contribution in [3.8, 4) is 0 Å². The van der Waals surface area contributed by atoms with Gasteiger partial charge in [-0.15, -0.1) is 0 Å². The number of phosphoric ester groups is 2. The van der Waals surface area contributed by atoms with Crippen molar-refractivity contribution in [2.24, 2.45) is 17.8 Å². The van der Waals surface area contributed by atoms with Gasteiger partial charge in [0.15, 0.2) is 12.2 Å². The standard InChI is InChI=1S/C85H166O17P2/c1-8-10-11-12-13-14-28-38-45-52-59-66-82(87)95-72-80(102-85(90)69-62-55-48-41-34-27-30-36-43-50-57-64-77(5)6)74-99-103(91,92)97-70-79(86)71-98-104(93,94)100-75-81(73-96-83(88)67-60-53-46-39-32-25-22-21-24-31-37-44-51-58-65-78(7)9-2)101-84(89)68-61-54-47-40-33-26-20-18-16-15-17-19-23-29-35-42-49-56-63-76(3)4/h76-81,86H,8-75H2,1-7H3,(H,91,92)(H,93,94)/t78?,79-,80+,81+/m0/s1. The highest BCUT2D eigenvalue weighted by Gasteiger charge is 2.30. The topological polar surface area (TPSA) is 237 Å². The van der Waals surface area contributed by atoms with Crippen LogP contribution in [0.4, 0.5) is 0 Å². The maximum Gasteiger partial charge on any atom is 0.472 e. The fraction of sp³-hybridized carbons (Fsp3) is 0.953. The number of ether oxygens (including phenoxy) is 4. The number of phosphoric acid groups is 2. The second-order valence-corrected chi connectivity index (χ2v) is 34.7. The van der Waals surface area contributed by atoms with Gasteiger partial charge in [-0.25, -0.2) is 9.13 Å². The summed E-state index contributed by atoms with van der Waals surface area (Å²) in [6, 6.07) is 0. The summed E-state index contributed by atoms with van der Waals surface area (Å²) in [4.78, 5) is 73.2. The van der Waals surface area contributed by atoms with Gasteiger partial charge in [0.05, 0.1) is 26.4 Å². The van der Waals surface area contributed by atoms with Gasteiger partial charge in [-0.1, -0.05) is 395 Å². The summed E-state index contributed by atoms with van der Waals surface area (Å²) >= 11 is 0. The molecule has 0 heterocycles.